The molecule has 1 saturated carbocycles. The topological polar surface area (TPSA) is 61.4 Å². The summed E-state index contributed by atoms with van der Waals surface area (Å²) in [6.45, 7) is 1.53. The fourth-order valence-electron chi connectivity index (χ4n) is 3.01. The van der Waals surface area contributed by atoms with Gasteiger partial charge < -0.3 is 15.7 Å². The molecule has 0 bridgehead atoms. The van der Waals surface area contributed by atoms with Gasteiger partial charge in [-0.3, -0.25) is 4.79 Å². The number of hydrogen-bond donors (Lipinski definition) is 3. The van der Waals surface area contributed by atoms with Crippen LogP contribution in [0.5, 0.6) is 0 Å². The first-order valence-corrected chi connectivity index (χ1v) is 7.07. The van der Waals surface area contributed by atoms with E-state index in [1.165, 1.54) is 5.56 Å². The van der Waals surface area contributed by atoms with E-state index in [0.29, 0.717) is 12.1 Å². The lowest BCUT2D eigenvalue weighted by atomic mass is 10.1. The molecule has 2 atom stereocenters. The van der Waals surface area contributed by atoms with E-state index in [4.69, 9.17) is 0 Å². The molecule has 1 amide bonds. The van der Waals surface area contributed by atoms with Crippen LogP contribution in [-0.2, 0) is 6.42 Å². The second-order valence-electron chi connectivity index (χ2n) is 5.52. The first-order valence-electron chi connectivity index (χ1n) is 7.07. The summed E-state index contributed by atoms with van der Waals surface area (Å²) in [5.41, 5.74) is 3.05. The van der Waals surface area contributed by atoms with E-state index in [2.05, 4.69) is 10.6 Å². The van der Waals surface area contributed by atoms with Gasteiger partial charge >= 0.3 is 0 Å². The van der Waals surface area contributed by atoms with Crippen molar-refractivity contribution in [3.8, 4) is 0 Å². The molecule has 2 unspecified atom stereocenters. The summed E-state index contributed by atoms with van der Waals surface area (Å²) >= 11 is 0. The average Bonchev–Trinajstić information content (AvgIpc) is 3.03. The highest BCUT2D eigenvalue weighted by Crippen LogP contribution is 2.25. The number of benzene rings is 1. The van der Waals surface area contributed by atoms with Gasteiger partial charge in [-0.25, -0.2) is 0 Å². The van der Waals surface area contributed by atoms with E-state index in [9.17, 15) is 9.90 Å². The maximum absolute atomic E-state index is 12.1. The highest BCUT2D eigenvalue weighted by molar-refractivity contribution is 5.95. The molecule has 1 aliphatic carbocycles. The predicted molar refractivity (Wildman–Crippen MR) is 74.3 cm³/mol. The van der Waals surface area contributed by atoms with Crippen LogP contribution in [0.3, 0.4) is 0 Å². The van der Waals surface area contributed by atoms with Crippen molar-refractivity contribution in [2.75, 3.05) is 18.4 Å². The van der Waals surface area contributed by atoms with Crippen LogP contribution in [0.2, 0.25) is 0 Å². The first kappa shape index (κ1) is 12.5. The highest BCUT2D eigenvalue weighted by Gasteiger charge is 2.25. The van der Waals surface area contributed by atoms with Crippen LogP contribution in [0.4, 0.5) is 5.69 Å². The zero-order valence-corrected chi connectivity index (χ0v) is 11.0. The Kier molecular flexibility index (Phi) is 3.42. The number of rotatable bonds is 3. The van der Waals surface area contributed by atoms with Crippen LogP contribution in [-0.4, -0.2) is 30.2 Å². The fraction of sp³-hybridized carbons (Fsp3) is 0.533. The minimum Gasteiger partial charge on any atom is -0.393 e. The summed E-state index contributed by atoms with van der Waals surface area (Å²) in [6, 6.07) is 5.82. The minimum atomic E-state index is -0.248. The summed E-state index contributed by atoms with van der Waals surface area (Å²) < 4.78 is 0. The molecule has 1 fully saturated rings. The third kappa shape index (κ3) is 2.59. The summed E-state index contributed by atoms with van der Waals surface area (Å²) in [5, 5.41) is 16.0. The Labute approximate surface area is 113 Å². The van der Waals surface area contributed by atoms with Crippen LogP contribution in [0.25, 0.3) is 0 Å². The Morgan fingerprint density at radius 3 is 3.11 bits per heavy atom. The number of carbonyl (C=O) groups is 1. The van der Waals surface area contributed by atoms with Crippen molar-refractivity contribution in [1.82, 2.24) is 5.32 Å². The van der Waals surface area contributed by atoms with Crippen molar-refractivity contribution in [2.24, 2.45) is 5.92 Å². The maximum atomic E-state index is 12.1. The molecule has 1 aliphatic heterocycles. The molecule has 0 aromatic heterocycles. The Morgan fingerprint density at radius 2 is 2.32 bits per heavy atom. The van der Waals surface area contributed by atoms with E-state index in [1.54, 1.807) is 0 Å². The van der Waals surface area contributed by atoms with Gasteiger partial charge in [-0.2, -0.15) is 0 Å². The number of amides is 1. The molecule has 1 heterocycles. The molecule has 2 aliphatic rings. The lowest BCUT2D eigenvalue weighted by Crippen LogP contribution is -2.32. The lowest BCUT2D eigenvalue weighted by Gasteiger charge is -2.15. The van der Waals surface area contributed by atoms with Gasteiger partial charge in [0.15, 0.2) is 0 Å². The van der Waals surface area contributed by atoms with Crippen LogP contribution in [0.15, 0.2) is 18.2 Å². The molecule has 102 valence electrons. The van der Waals surface area contributed by atoms with Gasteiger partial charge in [0, 0.05) is 30.3 Å². The quantitative estimate of drug-likeness (QED) is 0.772. The molecule has 4 nitrogen and oxygen atoms in total. The van der Waals surface area contributed by atoms with Gasteiger partial charge in [-0.05, 0) is 37.0 Å². The maximum Gasteiger partial charge on any atom is 0.251 e. The van der Waals surface area contributed by atoms with E-state index in [1.807, 2.05) is 18.2 Å². The van der Waals surface area contributed by atoms with Gasteiger partial charge in [0.05, 0.1) is 6.10 Å². The van der Waals surface area contributed by atoms with Crippen LogP contribution >= 0.6 is 0 Å². The van der Waals surface area contributed by atoms with Crippen LogP contribution < -0.4 is 10.6 Å². The second-order valence-corrected chi connectivity index (χ2v) is 5.52. The molecule has 0 spiro atoms. The molecule has 1 aromatic carbocycles. The van der Waals surface area contributed by atoms with Gasteiger partial charge in [0.2, 0.25) is 0 Å². The zero-order valence-electron chi connectivity index (χ0n) is 11.0. The SMILES string of the molecule is O=C(NCC1CCCC1O)c1ccc2c(c1)NCC2. The zero-order chi connectivity index (χ0) is 13.2. The molecule has 0 radical (unpaired) electrons. The van der Waals surface area contributed by atoms with E-state index >= 15 is 0 Å². The number of hydrogen-bond acceptors (Lipinski definition) is 3. The monoisotopic (exact) mass is 260 g/mol. The highest BCUT2D eigenvalue weighted by atomic mass is 16.3. The number of aliphatic hydroxyl groups is 1. The van der Waals surface area contributed by atoms with Crippen LogP contribution in [0.1, 0.15) is 35.2 Å². The smallest absolute Gasteiger partial charge is 0.251 e. The first-order chi connectivity index (χ1) is 9.24. The molecule has 1 aromatic rings. The Bertz CT molecular complexity index is 487. The Balaban J connectivity index is 1.61. The molecule has 3 N–H and O–H groups in total. The molecule has 0 saturated heterocycles. The number of anilines is 1. The van der Waals surface area contributed by atoms with Crippen LogP contribution in [0, 0.1) is 5.92 Å². The Hall–Kier alpha value is -1.55. The third-order valence-electron chi connectivity index (χ3n) is 4.23. The van der Waals surface area contributed by atoms with Crippen molar-refractivity contribution in [1.29, 1.82) is 0 Å². The van der Waals surface area contributed by atoms with Crippen molar-refractivity contribution in [3.05, 3.63) is 29.3 Å². The van der Waals surface area contributed by atoms with E-state index in [-0.39, 0.29) is 17.9 Å². The van der Waals surface area contributed by atoms with E-state index < -0.39 is 0 Å². The molecule has 19 heavy (non-hydrogen) atoms. The largest absolute Gasteiger partial charge is 0.393 e. The van der Waals surface area contributed by atoms with Gasteiger partial charge in [-0.15, -0.1) is 0 Å². The van der Waals surface area contributed by atoms with Crippen molar-refractivity contribution < 1.29 is 9.90 Å². The third-order valence-corrected chi connectivity index (χ3v) is 4.23. The molecular formula is C15H20N2O2. The summed E-state index contributed by atoms with van der Waals surface area (Å²) in [5.74, 6) is 0.173. The predicted octanol–water partition coefficient (Wildman–Crippen LogP) is 1.55. The summed E-state index contributed by atoms with van der Waals surface area (Å²) in [6.07, 6.45) is 3.72. The second kappa shape index (κ2) is 5.21. The Morgan fingerprint density at radius 1 is 1.42 bits per heavy atom. The number of aliphatic hydroxyl groups excluding tert-OH is 1. The minimum absolute atomic E-state index is 0.0457. The van der Waals surface area contributed by atoms with E-state index in [0.717, 1.165) is 37.9 Å². The van der Waals surface area contributed by atoms with Gasteiger partial charge in [0.1, 0.15) is 0 Å². The van der Waals surface area contributed by atoms with Gasteiger partial charge in [-0.1, -0.05) is 12.5 Å². The standard InChI is InChI=1S/C15H20N2O2/c18-14-3-1-2-12(14)9-17-15(19)11-5-4-10-6-7-16-13(10)8-11/h4-5,8,12,14,16,18H,1-3,6-7,9H2,(H,17,19). The number of nitrogens with one attached hydrogen (secondary N) is 2. The van der Waals surface area contributed by atoms with Gasteiger partial charge in [0.25, 0.3) is 5.91 Å². The normalized spacial score (nSPS) is 24.9. The fourth-order valence-corrected chi connectivity index (χ4v) is 3.01. The average molecular weight is 260 g/mol. The van der Waals surface area contributed by atoms with Crippen molar-refractivity contribution in [2.45, 2.75) is 31.8 Å². The lowest BCUT2D eigenvalue weighted by molar-refractivity contribution is 0.0917. The summed E-state index contributed by atoms with van der Waals surface area (Å²) in [4.78, 5) is 12.1. The summed E-state index contributed by atoms with van der Waals surface area (Å²) in [7, 11) is 0. The number of carbonyl (C=O) groups excluding carboxylic acids is 1. The number of fused-ring (bicyclic) bond motifs is 1. The van der Waals surface area contributed by atoms with Crippen molar-refractivity contribution in [3.63, 3.8) is 0 Å². The molecule has 4 heteroatoms. The van der Waals surface area contributed by atoms with Crippen molar-refractivity contribution >= 4 is 11.6 Å². The molecular weight excluding hydrogens is 240 g/mol. The molecule has 3 rings (SSSR count).